The summed E-state index contributed by atoms with van der Waals surface area (Å²) in [4.78, 5) is 22.8. The van der Waals surface area contributed by atoms with Crippen LogP contribution in [0.5, 0.6) is 0 Å². The molecule has 3 rings (SSSR count). The first-order valence-corrected chi connectivity index (χ1v) is 5.32. The fourth-order valence-electron chi connectivity index (χ4n) is 2.27. The minimum absolute atomic E-state index is 0.149. The minimum Gasteiger partial charge on any atom is -0.478 e. The fourth-order valence-corrected chi connectivity index (χ4v) is 2.27. The van der Waals surface area contributed by atoms with E-state index in [1.54, 1.807) is 18.2 Å². The maximum absolute atomic E-state index is 11.7. The van der Waals surface area contributed by atoms with Crippen LogP contribution in [0.4, 0.5) is 0 Å². The number of rotatable bonds is 1. The van der Waals surface area contributed by atoms with Crippen LogP contribution in [0.15, 0.2) is 24.3 Å². The van der Waals surface area contributed by atoms with Crippen LogP contribution in [0, 0.1) is 0 Å². The lowest BCUT2D eigenvalue weighted by atomic mass is 10.1. The van der Waals surface area contributed by atoms with E-state index >= 15 is 0 Å². The van der Waals surface area contributed by atoms with E-state index in [9.17, 15) is 9.59 Å². The van der Waals surface area contributed by atoms with Crippen molar-refractivity contribution in [2.75, 3.05) is 6.54 Å². The number of hydrogen-bond acceptors (Lipinski definition) is 2. The van der Waals surface area contributed by atoms with Gasteiger partial charge in [0.2, 0.25) is 0 Å². The molecule has 0 fully saturated rings. The van der Waals surface area contributed by atoms with Gasteiger partial charge in [0.1, 0.15) is 5.69 Å². The molecule has 17 heavy (non-hydrogen) atoms. The summed E-state index contributed by atoms with van der Waals surface area (Å²) in [6.07, 6.45) is 0. The average molecular weight is 230 g/mol. The number of fused-ring (bicyclic) bond motifs is 3. The Kier molecular flexibility index (Phi) is 1.95. The lowest BCUT2D eigenvalue weighted by molar-refractivity contribution is 0.0698. The number of nitrogens with one attached hydrogen (secondary N) is 1. The molecule has 5 nitrogen and oxygen atoms in total. The zero-order valence-corrected chi connectivity index (χ0v) is 8.93. The summed E-state index contributed by atoms with van der Waals surface area (Å²) in [7, 11) is 0. The monoisotopic (exact) mass is 230 g/mol. The van der Waals surface area contributed by atoms with Crippen molar-refractivity contribution in [1.82, 2.24) is 9.88 Å². The van der Waals surface area contributed by atoms with Crippen molar-refractivity contribution in [2.45, 2.75) is 6.54 Å². The highest BCUT2D eigenvalue weighted by Crippen LogP contribution is 2.24. The van der Waals surface area contributed by atoms with Crippen molar-refractivity contribution in [3.05, 3.63) is 35.5 Å². The van der Waals surface area contributed by atoms with E-state index < -0.39 is 5.97 Å². The number of carbonyl (C=O) groups is 2. The molecule has 0 bridgehead atoms. The summed E-state index contributed by atoms with van der Waals surface area (Å²) in [5.41, 5.74) is 1.56. The number of benzene rings is 1. The molecule has 2 N–H and O–H groups in total. The average Bonchev–Trinajstić information content (AvgIpc) is 2.69. The molecule has 0 radical (unpaired) electrons. The van der Waals surface area contributed by atoms with Crippen molar-refractivity contribution in [2.24, 2.45) is 0 Å². The Morgan fingerprint density at radius 2 is 2.24 bits per heavy atom. The maximum atomic E-state index is 11.7. The molecule has 1 aromatic carbocycles. The normalized spacial score (nSPS) is 14.5. The van der Waals surface area contributed by atoms with Crippen molar-refractivity contribution < 1.29 is 14.7 Å². The fraction of sp³-hybridized carbons (Fsp3) is 0.167. The quantitative estimate of drug-likeness (QED) is 0.770. The Balaban J connectivity index is 2.37. The summed E-state index contributed by atoms with van der Waals surface area (Å²) in [6, 6.07) is 6.73. The van der Waals surface area contributed by atoms with Gasteiger partial charge in [-0.15, -0.1) is 0 Å². The van der Waals surface area contributed by atoms with Gasteiger partial charge in [0.15, 0.2) is 0 Å². The van der Waals surface area contributed by atoms with Gasteiger partial charge in [-0.2, -0.15) is 0 Å². The van der Waals surface area contributed by atoms with Gasteiger partial charge in [0.25, 0.3) is 5.91 Å². The summed E-state index contributed by atoms with van der Waals surface area (Å²) in [5, 5.41) is 12.5. The van der Waals surface area contributed by atoms with E-state index in [1.807, 2.05) is 10.6 Å². The number of hydrogen-bond donors (Lipinski definition) is 2. The first-order chi connectivity index (χ1) is 8.18. The number of carboxylic acids is 1. The zero-order valence-electron chi connectivity index (χ0n) is 8.93. The first-order valence-electron chi connectivity index (χ1n) is 5.32. The number of aromatic nitrogens is 1. The van der Waals surface area contributed by atoms with Crippen molar-refractivity contribution in [3.8, 4) is 0 Å². The molecule has 86 valence electrons. The van der Waals surface area contributed by atoms with Gasteiger partial charge in [-0.05, 0) is 18.2 Å². The van der Waals surface area contributed by atoms with Gasteiger partial charge >= 0.3 is 5.97 Å². The Hall–Kier alpha value is -2.30. The van der Waals surface area contributed by atoms with Crippen LogP contribution in [0.3, 0.4) is 0 Å². The highest BCUT2D eigenvalue weighted by Gasteiger charge is 2.21. The second-order valence-corrected chi connectivity index (χ2v) is 3.98. The minimum atomic E-state index is -0.973. The van der Waals surface area contributed by atoms with E-state index in [2.05, 4.69) is 5.32 Å². The molecule has 1 aromatic heterocycles. The Morgan fingerprint density at radius 1 is 1.41 bits per heavy atom. The Bertz CT molecular complexity index is 642. The summed E-state index contributed by atoms with van der Waals surface area (Å²) in [6.45, 7) is 1.25. The molecule has 2 aromatic rings. The van der Waals surface area contributed by atoms with Crippen LogP contribution in [0.1, 0.15) is 20.8 Å². The molecule has 0 saturated heterocycles. The van der Waals surface area contributed by atoms with Crippen molar-refractivity contribution >= 4 is 22.8 Å². The van der Waals surface area contributed by atoms with E-state index in [0.717, 1.165) is 5.52 Å². The van der Waals surface area contributed by atoms with Crippen LogP contribution in [-0.4, -0.2) is 28.1 Å². The second-order valence-electron chi connectivity index (χ2n) is 3.98. The molecule has 0 unspecified atom stereocenters. The third-order valence-corrected chi connectivity index (χ3v) is 3.03. The van der Waals surface area contributed by atoms with E-state index in [4.69, 9.17) is 5.11 Å². The molecule has 0 atom stereocenters. The molecule has 2 heterocycles. The lowest BCUT2D eigenvalue weighted by Gasteiger charge is -2.16. The maximum Gasteiger partial charge on any atom is 0.336 e. The highest BCUT2D eigenvalue weighted by molar-refractivity contribution is 6.07. The number of carbonyl (C=O) groups excluding carboxylic acids is 1. The molecular formula is C12H10N2O3. The summed E-state index contributed by atoms with van der Waals surface area (Å²) in [5.74, 6) is -1.12. The molecule has 0 aliphatic carbocycles. The summed E-state index contributed by atoms with van der Waals surface area (Å²) < 4.78 is 1.86. The van der Waals surface area contributed by atoms with Gasteiger partial charge in [-0.25, -0.2) is 4.79 Å². The SMILES string of the molecule is O=C(O)c1cccc2c1cc1n2CCNC1=O. The van der Waals surface area contributed by atoms with E-state index in [-0.39, 0.29) is 11.5 Å². The first kappa shape index (κ1) is 9.89. The van der Waals surface area contributed by atoms with Crippen LogP contribution in [0.25, 0.3) is 10.9 Å². The largest absolute Gasteiger partial charge is 0.478 e. The smallest absolute Gasteiger partial charge is 0.336 e. The number of carboxylic acid groups (broad SMARTS) is 1. The van der Waals surface area contributed by atoms with Gasteiger partial charge in [-0.1, -0.05) is 6.07 Å². The third kappa shape index (κ3) is 1.32. The van der Waals surface area contributed by atoms with E-state index in [0.29, 0.717) is 24.2 Å². The zero-order chi connectivity index (χ0) is 12.0. The van der Waals surface area contributed by atoms with Crippen molar-refractivity contribution in [1.29, 1.82) is 0 Å². The molecule has 0 spiro atoms. The second kappa shape index (κ2) is 3.35. The Morgan fingerprint density at radius 3 is 3.00 bits per heavy atom. The molecule has 5 heteroatoms. The third-order valence-electron chi connectivity index (χ3n) is 3.03. The lowest BCUT2D eigenvalue weighted by Crippen LogP contribution is -2.34. The molecule has 0 saturated carbocycles. The van der Waals surface area contributed by atoms with Crippen LogP contribution in [-0.2, 0) is 6.54 Å². The topological polar surface area (TPSA) is 71.3 Å². The van der Waals surface area contributed by atoms with Gasteiger partial charge in [-0.3, -0.25) is 4.79 Å². The van der Waals surface area contributed by atoms with Crippen LogP contribution in [0.2, 0.25) is 0 Å². The number of nitrogens with zero attached hydrogens (tertiary/aromatic N) is 1. The van der Waals surface area contributed by atoms with Gasteiger partial charge in [0, 0.05) is 24.0 Å². The number of amides is 1. The van der Waals surface area contributed by atoms with E-state index in [1.165, 1.54) is 0 Å². The molecule has 1 aliphatic rings. The predicted octanol–water partition coefficient (Wildman–Crippen LogP) is 1.08. The van der Waals surface area contributed by atoms with Crippen LogP contribution >= 0.6 is 0 Å². The number of aromatic carboxylic acids is 1. The van der Waals surface area contributed by atoms with Crippen molar-refractivity contribution in [3.63, 3.8) is 0 Å². The standard InChI is InChI=1S/C12H10N2O3/c15-11-10-6-8-7(12(16)17)2-1-3-9(8)14(10)5-4-13-11/h1-3,6H,4-5H2,(H,13,15)(H,16,17). The van der Waals surface area contributed by atoms with Gasteiger partial charge < -0.3 is 15.0 Å². The molecular weight excluding hydrogens is 220 g/mol. The summed E-state index contributed by atoms with van der Waals surface area (Å²) >= 11 is 0. The predicted molar refractivity (Wildman–Crippen MR) is 61.2 cm³/mol. The molecule has 1 amide bonds. The van der Waals surface area contributed by atoms with Gasteiger partial charge in [0.05, 0.1) is 5.56 Å². The molecule has 1 aliphatic heterocycles. The van der Waals surface area contributed by atoms with Crippen LogP contribution < -0.4 is 5.32 Å². The highest BCUT2D eigenvalue weighted by atomic mass is 16.4. The Labute approximate surface area is 96.7 Å².